The highest BCUT2D eigenvalue weighted by molar-refractivity contribution is 5.30. The van der Waals surface area contributed by atoms with Crippen molar-refractivity contribution in [3.05, 3.63) is 22.8 Å². The summed E-state index contributed by atoms with van der Waals surface area (Å²) in [7, 11) is 0. The monoisotopic (exact) mass is 287 g/mol. The Hall–Kier alpha value is -0.960. The van der Waals surface area contributed by atoms with Crippen LogP contribution in [0.5, 0.6) is 0 Å². The van der Waals surface area contributed by atoms with Gasteiger partial charge >= 0.3 is 0 Å². The number of nitrogens with zero attached hydrogens (tertiary/aromatic N) is 2. The normalized spacial score (nSPS) is 25.0. The molecule has 0 bridgehead atoms. The minimum Gasteiger partial charge on any atom is -0.307 e. The highest BCUT2D eigenvalue weighted by Gasteiger charge is 2.26. The number of aryl methyl sites for hydroxylation is 1. The number of nitrogens with one attached hydrogen (secondary N) is 1. The number of hydrogen-bond donors (Lipinski definition) is 1. The first-order valence-corrected chi connectivity index (χ1v) is 8.91. The lowest BCUT2D eigenvalue weighted by Crippen LogP contribution is -2.17. The van der Waals surface area contributed by atoms with Gasteiger partial charge in [0.25, 0.3) is 0 Å². The molecule has 1 aliphatic heterocycles. The average molecular weight is 287 g/mol. The Kier molecular flexibility index (Phi) is 4.89. The summed E-state index contributed by atoms with van der Waals surface area (Å²) < 4.78 is 0. The lowest BCUT2D eigenvalue weighted by atomic mass is 9.79. The van der Waals surface area contributed by atoms with Crippen LogP contribution in [0.2, 0.25) is 0 Å². The van der Waals surface area contributed by atoms with Crippen LogP contribution < -0.4 is 5.32 Å². The zero-order chi connectivity index (χ0) is 14.7. The van der Waals surface area contributed by atoms with Gasteiger partial charge in [0.2, 0.25) is 0 Å². The zero-order valence-corrected chi connectivity index (χ0v) is 13.6. The third-order valence-corrected chi connectivity index (χ3v) is 5.19. The van der Waals surface area contributed by atoms with E-state index in [4.69, 9.17) is 9.97 Å². The summed E-state index contributed by atoms with van der Waals surface area (Å²) in [6.45, 7) is 6.45. The van der Waals surface area contributed by atoms with Gasteiger partial charge in [0, 0.05) is 30.3 Å². The summed E-state index contributed by atoms with van der Waals surface area (Å²) in [4.78, 5) is 9.89. The van der Waals surface area contributed by atoms with Crippen LogP contribution in [0.25, 0.3) is 0 Å². The van der Waals surface area contributed by atoms with Crippen LogP contribution in [0.1, 0.15) is 87.5 Å². The van der Waals surface area contributed by atoms with Crippen molar-refractivity contribution in [1.82, 2.24) is 15.3 Å². The summed E-state index contributed by atoms with van der Waals surface area (Å²) in [6.07, 6.45) is 10.3. The highest BCUT2D eigenvalue weighted by atomic mass is 15.0. The molecule has 1 aromatic heterocycles. The van der Waals surface area contributed by atoms with E-state index in [1.807, 2.05) is 0 Å². The van der Waals surface area contributed by atoms with Gasteiger partial charge in [-0.15, -0.1) is 0 Å². The predicted molar refractivity (Wildman–Crippen MR) is 86.2 cm³/mol. The Morgan fingerprint density at radius 1 is 1.00 bits per heavy atom. The quantitative estimate of drug-likeness (QED) is 0.885. The second kappa shape index (κ2) is 6.87. The zero-order valence-electron chi connectivity index (χ0n) is 13.6. The maximum Gasteiger partial charge on any atom is 0.132 e. The highest BCUT2D eigenvalue weighted by Crippen LogP contribution is 2.36. The standard InChI is InChI=1S/C18H29N3/c1-3-5-13-7-9-14(10-8-13)18-20-16(6-4-2)15-11-19-12-17(15)21-18/h13-14,19H,3-12H2,1-2H3. The molecule has 0 atom stereocenters. The van der Waals surface area contributed by atoms with E-state index in [1.54, 1.807) is 0 Å². The van der Waals surface area contributed by atoms with E-state index in [1.165, 1.54) is 61.9 Å². The molecule has 116 valence electrons. The van der Waals surface area contributed by atoms with E-state index >= 15 is 0 Å². The van der Waals surface area contributed by atoms with Crippen molar-refractivity contribution in [2.45, 2.75) is 84.2 Å². The molecule has 1 aromatic rings. The molecule has 3 nitrogen and oxygen atoms in total. The van der Waals surface area contributed by atoms with Crippen LogP contribution in [0.3, 0.4) is 0 Å². The van der Waals surface area contributed by atoms with Gasteiger partial charge in [0.1, 0.15) is 5.82 Å². The summed E-state index contributed by atoms with van der Waals surface area (Å²) >= 11 is 0. The van der Waals surface area contributed by atoms with Gasteiger partial charge in [-0.05, 0) is 38.0 Å². The molecule has 1 N–H and O–H groups in total. The first-order valence-electron chi connectivity index (χ1n) is 8.91. The van der Waals surface area contributed by atoms with E-state index in [0.717, 1.165) is 31.3 Å². The molecule has 0 radical (unpaired) electrons. The van der Waals surface area contributed by atoms with E-state index in [0.29, 0.717) is 5.92 Å². The van der Waals surface area contributed by atoms with Crippen LogP contribution >= 0.6 is 0 Å². The van der Waals surface area contributed by atoms with Crippen molar-refractivity contribution in [3.63, 3.8) is 0 Å². The topological polar surface area (TPSA) is 37.8 Å². The lowest BCUT2D eigenvalue weighted by Gasteiger charge is -2.28. The Morgan fingerprint density at radius 2 is 1.81 bits per heavy atom. The van der Waals surface area contributed by atoms with Crippen LogP contribution in [0.15, 0.2) is 0 Å². The molecule has 0 spiro atoms. The van der Waals surface area contributed by atoms with Gasteiger partial charge in [-0.3, -0.25) is 0 Å². The summed E-state index contributed by atoms with van der Waals surface area (Å²) in [6, 6.07) is 0. The van der Waals surface area contributed by atoms with Gasteiger partial charge in [-0.1, -0.05) is 33.1 Å². The van der Waals surface area contributed by atoms with Crippen molar-refractivity contribution >= 4 is 0 Å². The SMILES string of the molecule is CCCc1nc(C2CCC(CCC)CC2)nc2c1CNC2. The third kappa shape index (κ3) is 3.28. The van der Waals surface area contributed by atoms with Gasteiger partial charge in [0.05, 0.1) is 5.69 Å². The minimum absolute atomic E-state index is 0.611. The molecule has 2 aliphatic rings. The van der Waals surface area contributed by atoms with Crippen molar-refractivity contribution in [2.75, 3.05) is 0 Å². The maximum atomic E-state index is 4.98. The number of fused-ring (bicyclic) bond motifs is 1. The fourth-order valence-electron chi connectivity index (χ4n) is 4.00. The van der Waals surface area contributed by atoms with E-state index in [2.05, 4.69) is 19.2 Å². The van der Waals surface area contributed by atoms with E-state index in [-0.39, 0.29) is 0 Å². The molecule has 0 unspecified atom stereocenters. The fraction of sp³-hybridized carbons (Fsp3) is 0.778. The molecule has 0 amide bonds. The summed E-state index contributed by atoms with van der Waals surface area (Å²) in [5, 5.41) is 3.44. The number of hydrogen-bond acceptors (Lipinski definition) is 3. The van der Waals surface area contributed by atoms with Crippen molar-refractivity contribution in [1.29, 1.82) is 0 Å². The minimum atomic E-state index is 0.611. The molecular weight excluding hydrogens is 258 g/mol. The van der Waals surface area contributed by atoms with Gasteiger partial charge in [-0.25, -0.2) is 9.97 Å². The van der Waals surface area contributed by atoms with Crippen LogP contribution in [-0.4, -0.2) is 9.97 Å². The van der Waals surface area contributed by atoms with Crippen molar-refractivity contribution in [3.8, 4) is 0 Å². The van der Waals surface area contributed by atoms with Crippen molar-refractivity contribution < 1.29 is 0 Å². The van der Waals surface area contributed by atoms with Crippen LogP contribution in [0.4, 0.5) is 0 Å². The first kappa shape index (κ1) is 15.0. The van der Waals surface area contributed by atoms with Crippen molar-refractivity contribution in [2.24, 2.45) is 5.92 Å². The Morgan fingerprint density at radius 3 is 2.52 bits per heavy atom. The lowest BCUT2D eigenvalue weighted by molar-refractivity contribution is 0.301. The fourth-order valence-corrected chi connectivity index (χ4v) is 4.00. The molecule has 1 saturated carbocycles. The van der Waals surface area contributed by atoms with Crippen LogP contribution in [-0.2, 0) is 19.5 Å². The predicted octanol–water partition coefficient (Wildman–Crippen LogP) is 4.11. The number of aromatic nitrogens is 2. The molecule has 0 saturated heterocycles. The van der Waals surface area contributed by atoms with E-state index in [9.17, 15) is 0 Å². The molecule has 3 rings (SSSR count). The third-order valence-electron chi connectivity index (χ3n) is 5.19. The second-order valence-corrected chi connectivity index (χ2v) is 6.81. The van der Waals surface area contributed by atoms with Gasteiger partial charge < -0.3 is 5.32 Å². The summed E-state index contributed by atoms with van der Waals surface area (Å²) in [5.41, 5.74) is 3.98. The molecule has 0 aromatic carbocycles. The molecule has 1 fully saturated rings. The largest absolute Gasteiger partial charge is 0.307 e. The molecule has 21 heavy (non-hydrogen) atoms. The molecule has 1 aliphatic carbocycles. The van der Waals surface area contributed by atoms with Crippen LogP contribution in [0, 0.1) is 5.92 Å². The van der Waals surface area contributed by atoms with Gasteiger partial charge in [0.15, 0.2) is 0 Å². The first-order chi connectivity index (χ1) is 10.3. The maximum absolute atomic E-state index is 4.98. The molecule has 2 heterocycles. The smallest absolute Gasteiger partial charge is 0.132 e. The second-order valence-electron chi connectivity index (χ2n) is 6.81. The summed E-state index contributed by atoms with van der Waals surface area (Å²) in [5.74, 6) is 2.72. The Labute approximate surface area is 129 Å². The molecule has 3 heteroatoms. The number of rotatable bonds is 5. The Bertz CT molecular complexity index is 476. The molecular formula is C18H29N3. The van der Waals surface area contributed by atoms with E-state index < -0.39 is 0 Å². The van der Waals surface area contributed by atoms with Gasteiger partial charge in [-0.2, -0.15) is 0 Å². The average Bonchev–Trinajstić information content (AvgIpc) is 2.97. The Balaban J connectivity index is 1.75.